The van der Waals surface area contributed by atoms with Crippen LogP contribution in [0.5, 0.6) is 0 Å². The number of anilines is 2. The summed E-state index contributed by atoms with van der Waals surface area (Å²) >= 11 is 0. The van der Waals surface area contributed by atoms with Crippen molar-refractivity contribution in [3.8, 4) is 0 Å². The highest BCUT2D eigenvalue weighted by Crippen LogP contribution is 2.29. The second-order valence-electron chi connectivity index (χ2n) is 4.84. The number of nitrogen functional groups attached to an aromatic ring is 1. The first kappa shape index (κ1) is 11.8. The van der Waals surface area contributed by atoms with Crippen molar-refractivity contribution in [2.24, 2.45) is 0 Å². The fourth-order valence-electron chi connectivity index (χ4n) is 2.63. The van der Waals surface area contributed by atoms with Gasteiger partial charge in [0.2, 0.25) is 0 Å². The van der Waals surface area contributed by atoms with E-state index in [2.05, 4.69) is 11.4 Å². The standard InChI is InChI=1S/C16H16N2O/c17-14-9-2-1-7-13(14)16(19)18-15-10-4-6-11-5-3-8-12(11)15/h1-2,4,6-7,9-10H,3,5,8,17H2,(H,18,19). The molecule has 2 aromatic rings. The van der Waals surface area contributed by atoms with Crippen LogP contribution in [-0.2, 0) is 12.8 Å². The molecule has 19 heavy (non-hydrogen) atoms. The lowest BCUT2D eigenvalue weighted by Crippen LogP contribution is -2.15. The molecule has 0 aliphatic heterocycles. The highest BCUT2D eigenvalue weighted by Gasteiger charge is 2.16. The summed E-state index contributed by atoms with van der Waals surface area (Å²) in [5.41, 5.74) is 10.4. The summed E-state index contributed by atoms with van der Waals surface area (Å²) in [6.07, 6.45) is 3.30. The van der Waals surface area contributed by atoms with Crippen molar-refractivity contribution in [3.05, 3.63) is 59.2 Å². The Labute approximate surface area is 112 Å². The van der Waals surface area contributed by atoms with Gasteiger partial charge in [-0.05, 0) is 48.6 Å². The number of hydrogen-bond acceptors (Lipinski definition) is 2. The summed E-state index contributed by atoms with van der Waals surface area (Å²) in [4.78, 5) is 12.2. The van der Waals surface area contributed by atoms with Gasteiger partial charge in [0, 0.05) is 11.4 Å². The molecule has 1 aliphatic carbocycles. The minimum absolute atomic E-state index is 0.140. The van der Waals surface area contributed by atoms with Crippen molar-refractivity contribution >= 4 is 17.3 Å². The largest absolute Gasteiger partial charge is 0.398 e. The van der Waals surface area contributed by atoms with E-state index in [-0.39, 0.29) is 5.91 Å². The Morgan fingerprint density at radius 3 is 2.74 bits per heavy atom. The molecule has 2 aromatic carbocycles. The molecule has 0 fully saturated rings. The molecule has 0 saturated heterocycles. The molecule has 0 unspecified atom stereocenters. The van der Waals surface area contributed by atoms with Crippen LogP contribution in [0, 0.1) is 0 Å². The maximum atomic E-state index is 12.2. The lowest BCUT2D eigenvalue weighted by molar-refractivity contribution is 0.102. The molecule has 3 rings (SSSR count). The van der Waals surface area contributed by atoms with Crippen LogP contribution in [0.1, 0.15) is 27.9 Å². The first-order valence-corrected chi connectivity index (χ1v) is 6.52. The molecule has 0 saturated carbocycles. The number of fused-ring (bicyclic) bond motifs is 1. The molecule has 1 aliphatic rings. The van der Waals surface area contributed by atoms with E-state index in [0.717, 1.165) is 24.9 Å². The van der Waals surface area contributed by atoms with E-state index in [4.69, 9.17) is 5.73 Å². The highest BCUT2D eigenvalue weighted by atomic mass is 16.1. The molecule has 3 heteroatoms. The van der Waals surface area contributed by atoms with E-state index < -0.39 is 0 Å². The third-order valence-electron chi connectivity index (χ3n) is 3.60. The average Bonchev–Trinajstić information content (AvgIpc) is 2.88. The molecule has 96 valence electrons. The number of carbonyl (C=O) groups excluding carboxylic acids is 1. The van der Waals surface area contributed by atoms with E-state index in [1.807, 2.05) is 24.3 Å². The van der Waals surface area contributed by atoms with Crippen LogP contribution in [0.2, 0.25) is 0 Å². The molecule has 0 atom stereocenters. The van der Waals surface area contributed by atoms with Gasteiger partial charge < -0.3 is 11.1 Å². The zero-order chi connectivity index (χ0) is 13.2. The number of carbonyl (C=O) groups is 1. The third-order valence-corrected chi connectivity index (χ3v) is 3.60. The number of hydrogen-bond donors (Lipinski definition) is 2. The first-order chi connectivity index (χ1) is 9.25. The van der Waals surface area contributed by atoms with E-state index in [0.29, 0.717) is 11.3 Å². The molecule has 0 bridgehead atoms. The van der Waals surface area contributed by atoms with E-state index in [1.54, 1.807) is 12.1 Å². The van der Waals surface area contributed by atoms with Crippen LogP contribution in [-0.4, -0.2) is 5.91 Å². The molecule has 0 aromatic heterocycles. The van der Waals surface area contributed by atoms with E-state index >= 15 is 0 Å². The van der Waals surface area contributed by atoms with Crippen LogP contribution < -0.4 is 11.1 Å². The smallest absolute Gasteiger partial charge is 0.257 e. The fourth-order valence-corrected chi connectivity index (χ4v) is 2.63. The van der Waals surface area contributed by atoms with Crippen LogP contribution >= 0.6 is 0 Å². The van der Waals surface area contributed by atoms with Crippen molar-refractivity contribution in [3.63, 3.8) is 0 Å². The van der Waals surface area contributed by atoms with Crippen molar-refractivity contribution in [1.82, 2.24) is 0 Å². The van der Waals surface area contributed by atoms with Gasteiger partial charge in [-0.2, -0.15) is 0 Å². The van der Waals surface area contributed by atoms with Gasteiger partial charge in [-0.25, -0.2) is 0 Å². The van der Waals surface area contributed by atoms with Crippen molar-refractivity contribution in [1.29, 1.82) is 0 Å². The summed E-state index contributed by atoms with van der Waals surface area (Å²) in [6, 6.07) is 13.2. The summed E-state index contributed by atoms with van der Waals surface area (Å²) in [5.74, 6) is -0.140. The Bertz CT molecular complexity index is 634. The Balaban J connectivity index is 1.89. The molecule has 3 N–H and O–H groups in total. The number of nitrogens with two attached hydrogens (primary N) is 1. The quantitative estimate of drug-likeness (QED) is 0.807. The summed E-state index contributed by atoms with van der Waals surface area (Å²) in [6.45, 7) is 0. The van der Waals surface area contributed by atoms with Gasteiger partial charge >= 0.3 is 0 Å². The van der Waals surface area contributed by atoms with Gasteiger partial charge in [0.25, 0.3) is 5.91 Å². The summed E-state index contributed by atoms with van der Waals surface area (Å²) < 4.78 is 0. The molecule has 0 radical (unpaired) electrons. The third kappa shape index (κ3) is 2.19. The predicted octanol–water partition coefficient (Wildman–Crippen LogP) is 3.01. The lowest BCUT2D eigenvalue weighted by Gasteiger charge is -2.11. The summed E-state index contributed by atoms with van der Waals surface area (Å²) in [7, 11) is 0. The lowest BCUT2D eigenvalue weighted by atomic mass is 10.1. The number of para-hydroxylation sites is 1. The zero-order valence-corrected chi connectivity index (χ0v) is 10.6. The van der Waals surface area contributed by atoms with Gasteiger partial charge in [0.1, 0.15) is 0 Å². The van der Waals surface area contributed by atoms with Crippen LogP contribution in [0.3, 0.4) is 0 Å². The molecule has 1 amide bonds. The number of nitrogens with one attached hydrogen (secondary N) is 1. The molecule has 0 spiro atoms. The van der Waals surface area contributed by atoms with E-state index in [9.17, 15) is 4.79 Å². The Morgan fingerprint density at radius 2 is 1.89 bits per heavy atom. The predicted molar refractivity (Wildman–Crippen MR) is 77.3 cm³/mol. The Hall–Kier alpha value is -2.29. The monoisotopic (exact) mass is 252 g/mol. The fraction of sp³-hybridized carbons (Fsp3) is 0.188. The van der Waals surface area contributed by atoms with Crippen molar-refractivity contribution < 1.29 is 4.79 Å². The molecule has 3 nitrogen and oxygen atoms in total. The molecular weight excluding hydrogens is 236 g/mol. The van der Waals surface area contributed by atoms with Gasteiger partial charge in [0.05, 0.1) is 5.56 Å². The van der Waals surface area contributed by atoms with E-state index in [1.165, 1.54) is 11.1 Å². The number of amides is 1. The van der Waals surface area contributed by atoms with Crippen molar-refractivity contribution in [2.45, 2.75) is 19.3 Å². The van der Waals surface area contributed by atoms with Gasteiger partial charge in [-0.15, -0.1) is 0 Å². The minimum atomic E-state index is -0.140. The van der Waals surface area contributed by atoms with Crippen molar-refractivity contribution in [2.75, 3.05) is 11.1 Å². The minimum Gasteiger partial charge on any atom is -0.398 e. The van der Waals surface area contributed by atoms with Gasteiger partial charge in [-0.1, -0.05) is 24.3 Å². The van der Waals surface area contributed by atoms with Crippen LogP contribution in [0.4, 0.5) is 11.4 Å². The maximum Gasteiger partial charge on any atom is 0.257 e. The second kappa shape index (κ2) is 4.76. The zero-order valence-electron chi connectivity index (χ0n) is 10.6. The van der Waals surface area contributed by atoms with Gasteiger partial charge in [-0.3, -0.25) is 4.79 Å². The Kier molecular flexibility index (Phi) is 2.95. The molecule has 0 heterocycles. The topological polar surface area (TPSA) is 55.1 Å². The van der Waals surface area contributed by atoms with Crippen LogP contribution in [0.25, 0.3) is 0 Å². The van der Waals surface area contributed by atoms with Crippen LogP contribution in [0.15, 0.2) is 42.5 Å². The highest BCUT2D eigenvalue weighted by molar-refractivity contribution is 6.08. The molecular formula is C16H16N2O. The normalized spacial score (nSPS) is 13.1. The Morgan fingerprint density at radius 1 is 1.05 bits per heavy atom. The first-order valence-electron chi connectivity index (χ1n) is 6.52. The number of benzene rings is 2. The average molecular weight is 252 g/mol. The SMILES string of the molecule is Nc1ccccc1C(=O)Nc1cccc2c1CCC2. The summed E-state index contributed by atoms with van der Waals surface area (Å²) in [5, 5.41) is 2.98. The number of aryl methyl sites for hydroxylation is 1. The second-order valence-corrected chi connectivity index (χ2v) is 4.84. The van der Waals surface area contributed by atoms with Gasteiger partial charge in [0.15, 0.2) is 0 Å². The number of rotatable bonds is 2. The maximum absolute atomic E-state index is 12.2.